The van der Waals surface area contributed by atoms with Crippen LogP contribution in [-0.4, -0.2) is 25.2 Å². The van der Waals surface area contributed by atoms with E-state index in [0.29, 0.717) is 0 Å². The third-order valence-electron chi connectivity index (χ3n) is 3.29. The molecule has 0 bridgehead atoms. The van der Waals surface area contributed by atoms with Gasteiger partial charge in [0.25, 0.3) is 0 Å². The van der Waals surface area contributed by atoms with Crippen molar-refractivity contribution >= 4 is 5.69 Å². The topological polar surface area (TPSA) is 39.1 Å². The Hall–Kier alpha value is -1.60. The van der Waals surface area contributed by atoms with Gasteiger partial charge in [-0.05, 0) is 57.9 Å². The Morgan fingerprint density at radius 2 is 1.95 bits per heavy atom. The zero-order valence-corrected chi connectivity index (χ0v) is 12.8. The highest BCUT2D eigenvalue weighted by molar-refractivity contribution is 5.45. The summed E-state index contributed by atoms with van der Waals surface area (Å²) in [7, 11) is 1.98. The van der Waals surface area contributed by atoms with Crippen molar-refractivity contribution in [3.05, 3.63) is 30.1 Å². The van der Waals surface area contributed by atoms with Crippen LogP contribution in [-0.2, 0) is 0 Å². The van der Waals surface area contributed by atoms with Crippen molar-refractivity contribution in [1.82, 2.24) is 5.32 Å². The second-order valence-corrected chi connectivity index (χ2v) is 5.74. The Morgan fingerprint density at radius 3 is 2.45 bits per heavy atom. The van der Waals surface area contributed by atoms with Crippen LogP contribution in [0.2, 0.25) is 0 Å². The minimum Gasteiger partial charge on any atom is -0.375 e. The maximum absolute atomic E-state index is 12.9. The molecule has 110 valence electrons. The number of rotatable bonds is 7. The van der Waals surface area contributed by atoms with Crippen LogP contribution in [0.25, 0.3) is 0 Å². The van der Waals surface area contributed by atoms with Crippen LogP contribution >= 0.6 is 0 Å². The first-order valence-electron chi connectivity index (χ1n) is 7.02. The highest BCUT2D eigenvalue weighted by atomic mass is 19.1. The van der Waals surface area contributed by atoms with Gasteiger partial charge in [0.2, 0.25) is 0 Å². The van der Waals surface area contributed by atoms with Crippen LogP contribution in [0, 0.1) is 17.1 Å². The molecular weight excluding hydrogens is 253 g/mol. The van der Waals surface area contributed by atoms with Crippen LogP contribution in [0.3, 0.4) is 0 Å². The van der Waals surface area contributed by atoms with Gasteiger partial charge in [-0.1, -0.05) is 0 Å². The van der Waals surface area contributed by atoms with E-state index in [9.17, 15) is 9.65 Å². The number of halogens is 1. The lowest BCUT2D eigenvalue weighted by Gasteiger charge is -2.27. The van der Waals surface area contributed by atoms with Gasteiger partial charge in [-0.25, -0.2) is 4.39 Å². The van der Waals surface area contributed by atoms with Crippen molar-refractivity contribution in [1.29, 1.82) is 5.26 Å². The molecule has 0 amide bonds. The monoisotopic (exact) mass is 277 g/mol. The summed E-state index contributed by atoms with van der Waals surface area (Å²) >= 11 is 0. The normalized spacial score (nSPS) is 13.8. The van der Waals surface area contributed by atoms with E-state index in [2.05, 4.69) is 16.3 Å². The lowest BCUT2D eigenvalue weighted by atomic mass is 9.96. The summed E-state index contributed by atoms with van der Waals surface area (Å²) < 4.78 is 12.9. The van der Waals surface area contributed by atoms with Crippen molar-refractivity contribution in [2.75, 3.05) is 18.5 Å². The molecule has 0 saturated carbocycles. The quantitative estimate of drug-likeness (QED) is 0.831. The van der Waals surface area contributed by atoms with Crippen LogP contribution in [0.15, 0.2) is 24.3 Å². The minimum absolute atomic E-state index is 0.222. The first kappa shape index (κ1) is 16.5. The van der Waals surface area contributed by atoms with E-state index >= 15 is 0 Å². The van der Waals surface area contributed by atoms with Gasteiger partial charge in [-0.15, -0.1) is 0 Å². The van der Waals surface area contributed by atoms with E-state index in [4.69, 9.17) is 0 Å². The molecule has 0 saturated heterocycles. The molecule has 3 nitrogen and oxygen atoms in total. The number of nitrogens with zero attached hydrogens (tertiary/aromatic N) is 2. The molecule has 0 aliphatic rings. The molecule has 1 atom stereocenters. The van der Waals surface area contributed by atoms with Gasteiger partial charge >= 0.3 is 0 Å². The highest BCUT2D eigenvalue weighted by Gasteiger charge is 2.23. The van der Waals surface area contributed by atoms with Gasteiger partial charge < -0.3 is 4.90 Å². The standard InChI is InChI=1S/C16H24FN3/c1-13(2)19-16(3,12-18)10-5-11-20(4)15-8-6-14(17)7-9-15/h6-9,13,19H,5,10-11H2,1-4H3. The maximum Gasteiger partial charge on any atom is 0.123 e. The number of nitriles is 1. The van der Waals surface area contributed by atoms with E-state index in [1.165, 1.54) is 12.1 Å². The fraction of sp³-hybridized carbons (Fsp3) is 0.562. The second kappa shape index (κ2) is 7.25. The molecule has 4 heteroatoms. The number of hydrogen-bond acceptors (Lipinski definition) is 3. The van der Waals surface area contributed by atoms with Crippen molar-refractivity contribution in [3.63, 3.8) is 0 Å². The first-order valence-corrected chi connectivity index (χ1v) is 7.02. The molecule has 0 spiro atoms. The minimum atomic E-state index is -0.488. The number of benzene rings is 1. The number of nitrogens with one attached hydrogen (secondary N) is 1. The molecule has 1 aromatic carbocycles. The van der Waals surface area contributed by atoms with Gasteiger partial charge in [0.1, 0.15) is 11.4 Å². The molecule has 1 N–H and O–H groups in total. The smallest absolute Gasteiger partial charge is 0.123 e. The maximum atomic E-state index is 12.9. The summed E-state index contributed by atoms with van der Waals surface area (Å²) in [5, 5.41) is 12.6. The molecule has 0 aromatic heterocycles. The fourth-order valence-electron chi connectivity index (χ4n) is 2.29. The third kappa shape index (κ3) is 5.18. The Kier molecular flexibility index (Phi) is 5.97. The van der Waals surface area contributed by atoms with E-state index < -0.39 is 5.54 Å². The van der Waals surface area contributed by atoms with E-state index in [-0.39, 0.29) is 11.9 Å². The summed E-state index contributed by atoms with van der Waals surface area (Å²) in [4.78, 5) is 2.08. The molecule has 0 fully saturated rings. The number of anilines is 1. The van der Waals surface area contributed by atoms with E-state index in [0.717, 1.165) is 25.1 Å². The van der Waals surface area contributed by atoms with Gasteiger partial charge in [-0.3, -0.25) is 5.32 Å². The molecule has 1 rings (SSSR count). The van der Waals surface area contributed by atoms with Gasteiger partial charge in [0.05, 0.1) is 6.07 Å². The van der Waals surface area contributed by atoms with Crippen LogP contribution < -0.4 is 10.2 Å². The van der Waals surface area contributed by atoms with E-state index in [1.54, 1.807) is 12.1 Å². The average molecular weight is 277 g/mol. The predicted molar refractivity (Wildman–Crippen MR) is 81.2 cm³/mol. The Morgan fingerprint density at radius 1 is 1.35 bits per heavy atom. The third-order valence-corrected chi connectivity index (χ3v) is 3.29. The van der Waals surface area contributed by atoms with E-state index in [1.807, 2.05) is 27.8 Å². The molecule has 20 heavy (non-hydrogen) atoms. The van der Waals surface area contributed by atoms with Crippen molar-refractivity contribution in [3.8, 4) is 6.07 Å². The Labute approximate surface area is 121 Å². The molecule has 0 aliphatic carbocycles. The SMILES string of the molecule is CC(C)NC(C)(C#N)CCCN(C)c1ccc(F)cc1. The zero-order chi connectivity index (χ0) is 15.2. The highest BCUT2D eigenvalue weighted by Crippen LogP contribution is 2.16. The molecule has 0 heterocycles. The van der Waals surface area contributed by atoms with Gasteiger partial charge in [0, 0.05) is 25.3 Å². The Bertz CT molecular complexity index is 450. The largest absolute Gasteiger partial charge is 0.375 e. The van der Waals surface area contributed by atoms with Crippen LogP contribution in [0.1, 0.15) is 33.6 Å². The molecule has 0 aliphatic heterocycles. The lowest BCUT2D eigenvalue weighted by Crippen LogP contribution is -2.45. The van der Waals surface area contributed by atoms with Gasteiger partial charge in [0.15, 0.2) is 0 Å². The second-order valence-electron chi connectivity index (χ2n) is 5.74. The van der Waals surface area contributed by atoms with Crippen molar-refractivity contribution in [2.45, 2.75) is 45.2 Å². The molecule has 0 radical (unpaired) electrons. The molecular formula is C16H24FN3. The summed E-state index contributed by atoms with van der Waals surface area (Å²) in [6, 6.07) is 9.10. The molecule has 1 unspecified atom stereocenters. The van der Waals surface area contributed by atoms with Crippen molar-refractivity contribution in [2.24, 2.45) is 0 Å². The average Bonchev–Trinajstić information content (AvgIpc) is 2.38. The summed E-state index contributed by atoms with van der Waals surface area (Å²) in [6.45, 7) is 6.86. The Balaban J connectivity index is 2.47. The fourth-order valence-corrected chi connectivity index (χ4v) is 2.29. The van der Waals surface area contributed by atoms with Crippen molar-refractivity contribution < 1.29 is 4.39 Å². The summed E-state index contributed by atoms with van der Waals surface area (Å²) in [5.41, 5.74) is 0.500. The van der Waals surface area contributed by atoms with Crippen LogP contribution in [0.4, 0.5) is 10.1 Å². The summed E-state index contributed by atoms with van der Waals surface area (Å²) in [5.74, 6) is -0.222. The first-order chi connectivity index (χ1) is 9.36. The number of hydrogen-bond donors (Lipinski definition) is 1. The zero-order valence-electron chi connectivity index (χ0n) is 12.8. The van der Waals surface area contributed by atoms with Gasteiger partial charge in [-0.2, -0.15) is 5.26 Å². The summed E-state index contributed by atoms with van der Waals surface area (Å²) in [6.07, 6.45) is 1.69. The predicted octanol–water partition coefficient (Wildman–Crippen LogP) is 3.32. The van der Waals surface area contributed by atoms with Crippen LogP contribution in [0.5, 0.6) is 0 Å². The lowest BCUT2D eigenvalue weighted by molar-refractivity contribution is 0.375. The molecule has 1 aromatic rings.